The lowest BCUT2D eigenvalue weighted by Gasteiger charge is -2.13. The Morgan fingerprint density at radius 1 is 1.19 bits per heavy atom. The topological polar surface area (TPSA) is 131 Å². The van der Waals surface area contributed by atoms with Gasteiger partial charge >= 0.3 is 6.03 Å². The number of benzene rings is 1. The Morgan fingerprint density at radius 3 is 2.62 bits per heavy atom. The molecule has 0 aliphatic rings. The molecule has 1 aromatic carbocycles. The molecule has 0 radical (unpaired) electrons. The third kappa shape index (κ3) is 3.98. The number of pyridine rings is 1. The highest BCUT2D eigenvalue weighted by atomic mass is 32.2. The number of nitrogens with one attached hydrogen (secondary N) is 2. The molecule has 136 valence electrons. The van der Waals surface area contributed by atoms with Crippen LogP contribution < -0.4 is 15.8 Å². The summed E-state index contributed by atoms with van der Waals surface area (Å²) in [6.07, 6.45) is 1.83. The molecule has 9 nitrogen and oxygen atoms in total. The van der Waals surface area contributed by atoms with Gasteiger partial charge in [-0.2, -0.15) is 0 Å². The molecular weight excluding hydrogens is 356 g/mol. The quantitative estimate of drug-likeness (QED) is 0.611. The third-order valence-corrected chi connectivity index (χ3v) is 4.71. The Bertz CT molecular complexity index is 1030. The average Bonchev–Trinajstić information content (AvgIpc) is 3.04. The van der Waals surface area contributed by atoms with Crippen LogP contribution in [0.1, 0.15) is 24.4 Å². The second kappa shape index (κ2) is 7.10. The van der Waals surface area contributed by atoms with Gasteiger partial charge in [-0.1, -0.05) is 18.2 Å². The van der Waals surface area contributed by atoms with Gasteiger partial charge in [0, 0.05) is 12.7 Å². The van der Waals surface area contributed by atoms with Crippen molar-refractivity contribution in [2.45, 2.75) is 24.4 Å². The van der Waals surface area contributed by atoms with Crippen molar-refractivity contribution in [1.29, 1.82) is 0 Å². The zero-order chi connectivity index (χ0) is 18.7. The van der Waals surface area contributed by atoms with Crippen molar-refractivity contribution in [3.05, 3.63) is 60.0 Å². The van der Waals surface area contributed by atoms with Gasteiger partial charge in [0.05, 0.1) is 10.9 Å². The van der Waals surface area contributed by atoms with Crippen molar-refractivity contribution in [1.82, 2.24) is 25.2 Å². The minimum absolute atomic E-state index is 0.0259. The molecule has 26 heavy (non-hydrogen) atoms. The third-order valence-electron chi connectivity index (χ3n) is 3.78. The van der Waals surface area contributed by atoms with E-state index in [9.17, 15) is 13.2 Å². The van der Waals surface area contributed by atoms with Crippen LogP contribution in [0.3, 0.4) is 0 Å². The number of nitrogens with zero attached hydrogens (tertiary/aromatic N) is 3. The van der Waals surface area contributed by atoms with Crippen LogP contribution in [-0.4, -0.2) is 29.0 Å². The highest BCUT2D eigenvalue weighted by Gasteiger charge is 2.15. The maximum absolute atomic E-state index is 12.1. The van der Waals surface area contributed by atoms with Gasteiger partial charge in [0.25, 0.3) is 0 Å². The monoisotopic (exact) mass is 374 g/mol. The number of hydrogen-bond acceptors (Lipinski definition) is 5. The minimum Gasteiger partial charge on any atom is -0.334 e. The Labute approximate surface area is 150 Å². The molecule has 0 unspecified atom stereocenters. The molecule has 0 saturated heterocycles. The minimum atomic E-state index is -3.72. The van der Waals surface area contributed by atoms with Crippen LogP contribution >= 0.6 is 0 Å². The standard InChI is InChI=1S/C16H18N6O3S/c1-11(15-21-20-14-4-2-3-9-22(14)15)19-16(23)18-10-12-5-7-13(8-6-12)26(17,24)25/h2-9,11H,10H2,1H3,(H2,17,24,25)(H2,18,19,23)/t11-/m0/s1. The molecule has 2 heterocycles. The van der Waals surface area contributed by atoms with Crippen LogP contribution in [0.4, 0.5) is 4.79 Å². The van der Waals surface area contributed by atoms with Crippen LogP contribution in [0.15, 0.2) is 53.6 Å². The lowest BCUT2D eigenvalue weighted by molar-refractivity contribution is 0.237. The lowest BCUT2D eigenvalue weighted by Crippen LogP contribution is -2.37. The van der Waals surface area contributed by atoms with E-state index in [2.05, 4.69) is 20.8 Å². The maximum Gasteiger partial charge on any atom is 0.315 e. The van der Waals surface area contributed by atoms with E-state index in [0.717, 1.165) is 5.56 Å². The predicted octanol–water partition coefficient (Wildman–Crippen LogP) is 0.937. The van der Waals surface area contributed by atoms with Gasteiger partial charge in [0.1, 0.15) is 0 Å². The zero-order valence-electron chi connectivity index (χ0n) is 14.0. The Morgan fingerprint density at radius 2 is 1.92 bits per heavy atom. The molecule has 0 bridgehead atoms. The van der Waals surface area contributed by atoms with Gasteiger partial charge in [-0.25, -0.2) is 18.4 Å². The fraction of sp³-hybridized carbons (Fsp3) is 0.188. The lowest BCUT2D eigenvalue weighted by atomic mass is 10.2. The SMILES string of the molecule is C[C@H](NC(=O)NCc1ccc(S(N)(=O)=O)cc1)c1nnc2ccccn12. The van der Waals surface area contributed by atoms with E-state index in [0.29, 0.717) is 11.5 Å². The maximum atomic E-state index is 12.1. The summed E-state index contributed by atoms with van der Waals surface area (Å²) in [7, 11) is -3.72. The Hall–Kier alpha value is -2.98. The van der Waals surface area contributed by atoms with Gasteiger partial charge < -0.3 is 10.6 Å². The van der Waals surface area contributed by atoms with Crippen LogP contribution in [0.25, 0.3) is 5.65 Å². The van der Waals surface area contributed by atoms with Crippen molar-refractivity contribution < 1.29 is 13.2 Å². The first-order chi connectivity index (χ1) is 12.3. The number of primary sulfonamides is 1. The molecule has 2 amide bonds. The smallest absolute Gasteiger partial charge is 0.315 e. The first-order valence-electron chi connectivity index (χ1n) is 7.80. The normalized spacial score (nSPS) is 12.7. The predicted molar refractivity (Wildman–Crippen MR) is 94.6 cm³/mol. The van der Waals surface area contributed by atoms with Crippen molar-refractivity contribution >= 4 is 21.7 Å². The molecule has 2 aromatic heterocycles. The van der Waals surface area contributed by atoms with Crippen molar-refractivity contribution in [2.75, 3.05) is 0 Å². The van der Waals surface area contributed by atoms with Crippen LogP contribution in [0.5, 0.6) is 0 Å². The van der Waals surface area contributed by atoms with Gasteiger partial charge in [0.2, 0.25) is 10.0 Å². The summed E-state index contributed by atoms with van der Waals surface area (Å²) in [4.78, 5) is 12.1. The molecule has 1 atom stereocenters. The van der Waals surface area contributed by atoms with E-state index in [-0.39, 0.29) is 23.5 Å². The number of carbonyl (C=O) groups excluding carboxylic acids is 1. The number of nitrogens with two attached hydrogens (primary N) is 1. The number of hydrogen-bond donors (Lipinski definition) is 3. The van der Waals surface area contributed by atoms with E-state index < -0.39 is 10.0 Å². The number of fused-ring (bicyclic) bond motifs is 1. The number of urea groups is 1. The van der Waals surface area contributed by atoms with Gasteiger partial charge in [-0.3, -0.25) is 4.40 Å². The summed E-state index contributed by atoms with van der Waals surface area (Å²) in [5.41, 5.74) is 1.44. The summed E-state index contributed by atoms with van der Waals surface area (Å²) in [6.45, 7) is 2.05. The second-order valence-electron chi connectivity index (χ2n) is 5.72. The fourth-order valence-corrected chi connectivity index (χ4v) is 2.96. The van der Waals surface area contributed by atoms with Crippen LogP contribution in [0.2, 0.25) is 0 Å². The van der Waals surface area contributed by atoms with Crippen LogP contribution in [-0.2, 0) is 16.6 Å². The highest BCUT2D eigenvalue weighted by molar-refractivity contribution is 7.89. The summed E-state index contributed by atoms with van der Waals surface area (Å²) in [5, 5.41) is 18.7. The highest BCUT2D eigenvalue weighted by Crippen LogP contribution is 2.12. The number of amides is 2. The molecule has 0 aliphatic heterocycles. The number of aromatic nitrogens is 3. The van der Waals surface area contributed by atoms with E-state index in [4.69, 9.17) is 5.14 Å². The van der Waals surface area contributed by atoms with Crippen molar-refractivity contribution in [3.63, 3.8) is 0 Å². The van der Waals surface area contributed by atoms with Crippen molar-refractivity contribution in [2.24, 2.45) is 5.14 Å². The van der Waals surface area contributed by atoms with Crippen LogP contribution in [0, 0.1) is 0 Å². The molecule has 0 saturated carbocycles. The number of sulfonamides is 1. The van der Waals surface area contributed by atoms with E-state index in [1.165, 1.54) is 12.1 Å². The summed E-state index contributed by atoms with van der Waals surface area (Å²) < 4.78 is 24.2. The molecule has 3 aromatic rings. The molecule has 0 fully saturated rings. The average molecular weight is 374 g/mol. The zero-order valence-corrected chi connectivity index (χ0v) is 14.8. The summed E-state index contributed by atoms with van der Waals surface area (Å²) in [5.74, 6) is 0.619. The van der Waals surface area contributed by atoms with Crippen molar-refractivity contribution in [3.8, 4) is 0 Å². The molecule has 3 rings (SSSR count). The molecular formula is C16H18N6O3S. The molecule has 0 aliphatic carbocycles. The largest absolute Gasteiger partial charge is 0.334 e. The van der Waals surface area contributed by atoms with E-state index >= 15 is 0 Å². The van der Waals surface area contributed by atoms with E-state index in [1.54, 1.807) is 16.5 Å². The fourth-order valence-electron chi connectivity index (χ4n) is 2.45. The first-order valence-corrected chi connectivity index (χ1v) is 9.35. The number of rotatable bonds is 5. The summed E-state index contributed by atoms with van der Waals surface area (Å²) >= 11 is 0. The Balaban J connectivity index is 1.59. The second-order valence-corrected chi connectivity index (χ2v) is 7.29. The van der Waals surface area contributed by atoms with E-state index in [1.807, 2.05) is 31.3 Å². The van der Waals surface area contributed by atoms with Gasteiger partial charge in [-0.15, -0.1) is 10.2 Å². The Kier molecular flexibility index (Phi) is 4.87. The number of carbonyl (C=O) groups is 1. The molecule has 4 N–H and O–H groups in total. The molecule has 10 heteroatoms. The first kappa shape index (κ1) is 17.8. The van der Waals surface area contributed by atoms with Gasteiger partial charge in [0.15, 0.2) is 11.5 Å². The van der Waals surface area contributed by atoms with Gasteiger partial charge in [-0.05, 0) is 36.8 Å². The summed E-state index contributed by atoms with van der Waals surface area (Å²) in [6, 6.07) is 10.8. The molecule has 0 spiro atoms.